The molecule has 0 unspecified atom stereocenters. The first kappa shape index (κ1) is 71.8. The number of rotatable bonds is 12. The van der Waals surface area contributed by atoms with Crippen molar-refractivity contribution in [3.63, 3.8) is 0 Å². The Kier molecular flexibility index (Phi) is 43.4. The van der Waals surface area contributed by atoms with E-state index in [0.29, 0.717) is 0 Å². The minimum atomic E-state index is -1.09. The van der Waals surface area contributed by atoms with Gasteiger partial charge in [0, 0.05) is 72.5 Å². The van der Waals surface area contributed by atoms with E-state index in [1.807, 2.05) is 166 Å². The molecular formula is C42H84MoN6O12. The van der Waals surface area contributed by atoms with Gasteiger partial charge in [-0.25, -0.2) is 0 Å². The molecule has 0 rings (SSSR count). The molecule has 0 aromatic carbocycles. The quantitative estimate of drug-likeness (QED) is 0.256. The summed E-state index contributed by atoms with van der Waals surface area (Å²) in [6.45, 7) is 43.9. The third-order valence-corrected chi connectivity index (χ3v) is 7.94. The molecule has 0 spiro atoms. The normalized spacial score (nSPS) is 10.4. The van der Waals surface area contributed by atoms with Crippen LogP contribution < -0.4 is 30.6 Å². The molecule has 61 heavy (non-hydrogen) atoms. The van der Waals surface area contributed by atoms with Gasteiger partial charge in [-0.2, -0.15) is 0 Å². The van der Waals surface area contributed by atoms with Crippen LogP contribution in [0.3, 0.4) is 0 Å². The summed E-state index contributed by atoms with van der Waals surface area (Å²) in [5, 5.41) is 62.4. The SMILES string of the molecule is CC(C)N(C(=O)[O-])C(C)C.CC(C)N(C(=O)[O-])C(C)C.CC(C)N(C(=O)[O-])C(C)C.CC(C)N(C(=O)[O-])C(C)C.CC(C)N(C(=O)[O-])C(C)C.CC(C)N(C(=O)[O-])C(C)C.[Mo+6]. The monoisotopic (exact) mass is 963 g/mol. The average Bonchev–Trinajstić information content (AvgIpc) is 2.94. The van der Waals surface area contributed by atoms with Crippen LogP contribution in [-0.4, -0.2) is 138 Å². The average molecular weight is 961 g/mol. The summed E-state index contributed by atoms with van der Waals surface area (Å²) in [5.41, 5.74) is 0. The molecule has 360 valence electrons. The molecule has 0 N–H and O–H groups in total. The van der Waals surface area contributed by atoms with Crippen LogP contribution in [0.25, 0.3) is 0 Å². The van der Waals surface area contributed by atoms with Gasteiger partial charge < -0.3 is 88.8 Å². The van der Waals surface area contributed by atoms with Gasteiger partial charge >= 0.3 is 21.1 Å². The van der Waals surface area contributed by atoms with Gasteiger partial charge in [0.1, 0.15) is 36.6 Å². The van der Waals surface area contributed by atoms with Crippen LogP contribution in [0, 0.1) is 0 Å². The topological polar surface area (TPSA) is 260 Å². The first-order valence-corrected chi connectivity index (χ1v) is 20.7. The van der Waals surface area contributed by atoms with Crippen LogP contribution in [0.1, 0.15) is 166 Å². The Hall–Kier alpha value is -3.69. The van der Waals surface area contributed by atoms with E-state index < -0.39 is 36.6 Å². The summed E-state index contributed by atoms with van der Waals surface area (Å²) in [6.07, 6.45) is -6.56. The predicted octanol–water partition coefficient (Wildman–Crippen LogP) is 2.69. The summed E-state index contributed by atoms with van der Waals surface area (Å²) in [5.74, 6) is 0. The van der Waals surface area contributed by atoms with Crippen molar-refractivity contribution in [3.8, 4) is 0 Å². The third-order valence-electron chi connectivity index (χ3n) is 7.94. The van der Waals surface area contributed by atoms with Crippen LogP contribution in [0.2, 0.25) is 0 Å². The van der Waals surface area contributed by atoms with E-state index in [1.54, 1.807) is 0 Å². The Morgan fingerprint density at radius 1 is 0.213 bits per heavy atom. The Morgan fingerprint density at radius 2 is 0.262 bits per heavy atom. The Balaban J connectivity index is -0.000000114. The summed E-state index contributed by atoms with van der Waals surface area (Å²) >= 11 is 0. The van der Waals surface area contributed by atoms with Crippen molar-refractivity contribution >= 4 is 36.6 Å². The number of hydrogen-bond donors (Lipinski definition) is 0. The Labute approximate surface area is 383 Å². The molecule has 0 aliphatic rings. The number of amides is 6. The second-order valence-electron chi connectivity index (χ2n) is 17.2. The van der Waals surface area contributed by atoms with Crippen molar-refractivity contribution in [2.75, 3.05) is 0 Å². The number of carboxylic acid groups (broad SMARTS) is 6. The molecule has 0 aromatic rings. The van der Waals surface area contributed by atoms with Crippen molar-refractivity contribution in [2.45, 2.75) is 239 Å². The summed E-state index contributed by atoms with van der Waals surface area (Å²) in [4.78, 5) is 70.2. The number of hydrogen-bond acceptors (Lipinski definition) is 12. The molecule has 0 fully saturated rings. The van der Waals surface area contributed by atoms with E-state index in [-0.39, 0.29) is 93.6 Å². The van der Waals surface area contributed by atoms with Gasteiger partial charge in [-0.1, -0.05) is 0 Å². The zero-order chi connectivity index (χ0) is 49.9. The van der Waals surface area contributed by atoms with E-state index in [2.05, 4.69) is 0 Å². The minimum Gasteiger partial charge on any atom is -0.530 e. The molecule has 0 bridgehead atoms. The van der Waals surface area contributed by atoms with Gasteiger partial charge in [0.2, 0.25) is 0 Å². The Bertz CT molecular complexity index is 917. The van der Waals surface area contributed by atoms with Gasteiger partial charge in [0.05, 0.1) is 0 Å². The van der Waals surface area contributed by atoms with E-state index in [0.717, 1.165) is 0 Å². The van der Waals surface area contributed by atoms with E-state index >= 15 is 0 Å². The van der Waals surface area contributed by atoms with E-state index in [9.17, 15) is 59.4 Å². The molecule has 0 saturated carbocycles. The molecule has 0 aromatic heterocycles. The fourth-order valence-electron chi connectivity index (χ4n) is 6.11. The maximum Gasteiger partial charge on any atom is 6.00 e. The molecule has 0 heterocycles. The van der Waals surface area contributed by atoms with Crippen LogP contribution in [0.5, 0.6) is 0 Å². The molecule has 6 amide bonds. The van der Waals surface area contributed by atoms with Crippen LogP contribution >= 0.6 is 0 Å². The molecule has 0 saturated heterocycles. The van der Waals surface area contributed by atoms with Crippen LogP contribution in [0.15, 0.2) is 0 Å². The smallest absolute Gasteiger partial charge is 0.530 e. The minimum absolute atomic E-state index is 0. The summed E-state index contributed by atoms with van der Waals surface area (Å²) in [7, 11) is 0. The zero-order valence-corrected chi connectivity index (χ0v) is 43.9. The zero-order valence-electron chi connectivity index (χ0n) is 41.9. The molecule has 0 radical (unpaired) electrons. The first-order chi connectivity index (χ1) is 26.8. The maximum absolute atomic E-state index is 10.4. The number of carbonyl (C=O) groups is 6. The van der Waals surface area contributed by atoms with Crippen LogP contribution in [-0.2, 0) is 21.1 Å². The fourth-order valence-corrected chi connectivity index (χ4v) is 6.11. The van der Waals surface area contributed by atoms with Gasteiger partial charge in [-0.05, 0) is 166 Å². The van der Waals surface area contributed by atoms with E-state index in [4.69, 9.17) is 0 Å². The van der Waals surface area contributed by atoms with Gasteiger partial charge in [-0.3, -0.25) is 0 Å². The molecule has 0 aliphatic carbocycles. The van der Waals surface area contributed by atoms with Crippen molar-refractivity contribution in [1.82, 2.24) is 29.4 Å². The largest absolute Gasteiger partial charge is 6.00 e. The third kappa shape index (κ3) is 35.6. The van der Waals surface area contributed by atoms with Gasteiger partial charge in [-0.15, -0.1) is 0 Å². The number of carbonyl (C=O) groups excluding carboxylic acids is 6. The van der Waals surface area contributed by atoms with Crippen molar-refractivity contribution in [2.24, 2.45) is 0 Å². The van der Waals surface area contributed by atoms with Gasteiger partial charge in [0.15, 0.2) is 0 Å². The maximum atomic E-state index is 10.4. The standard InChI is InChI=1S/6C7H15NO2.Mo/c6*1-5(2)8(6(3)4)7(9)10;/h6*5-6H,1-4H3,(H,9,10);/q;;;;;;+6/p-6. The molecule has 0 aliphatic heterocycles. The van der Waals surface area contributed by atoms with Crippen LogP contribution in [0.4, 0.5) is 28.8 Å². The summed E-state index contributed by atoms with van der Waals surface area (Å²) < 4.78 is 0. The van der Waals surface area contributed by atoms with Crippen molar-refractivity contribution in [3.05, 3.63) is 0 Å². The molecular weight excluding hydrogens is 876 g/mol. The fraction of sp³-hybridized carbons (Fsp3) is 0.857. The molecule has 18 nitrogen and oxygen atoms in total. The predicted molar refractivity (Wildman–Crippen MR) is 225 cm³/mol. The molecule has 19 heteroatoms. The second kappa shape index (κ2) is 36.9. The summed E-state index contributed by atoms with van der Waals surface area (Å²) in [6, 6.07) is 0.0556. The van der Waals surface area contributed by atoms with Crippen molar-refractivity contribution in [1.29, 1.82) is 0 Å². The first-order valence-electron chi connectivity index (χ1n) is 20.7. The second-order valence-corrected chi connectivity index (χ2v) is 17.2. The van der Waals surface area contributed by atoms with E-state index in [1.165, 1.54) is 29.4 Å². The molecule has 0 atom stereocenters. The van der Waals surface area contributed by atoms with Crippen molar-refractivity contribution < 1.29 is 80.5 Å². The number of nitrogens with zero attached hydrogens (tertiary/aromatic N) is 6. The van der Waals surface area contributed by atoms with Gasteiger partial charge in [0.25, 0.3) is 0 Å². The Morgan fingerprint density at radius 3 is 0.262 bits per heavy atom.